The standard InChI is InChI=1S/C19H23FN4O5/c1-13-11-16(23-29-13)24(12-18(26)21-9-10-28-2)19(27)8-7-17(25)22-15-5-3-14(20)4-6-15/h3-6,11H,7-10,12H2,1-2H3,(H,21,26)(H,22,25). The van der Waals surface area contributed by atoms with Gasteiger partial charge in [-0.2, -0.15) is 0 Å². The van der Waals surface area contributed by atoms with Crippen LogP contribution in [0.5, 0.6) is 0 Å². The lowest BCUT2D eigenvalue weighted by Crippen LogP contribution is -2.42. The van der Waals surface area contributed by atoms with Crippen LogP contribution in [0, 0.1) is 12.7 Å². The van der Waals surface area contributed by atoms with Crippen molar-refractivity contribution in [3.8, 4) is 0 Å². The predicted molar refractivity (Wildman–Crippen MR) is 103 cm³/mol. The number of nitrogens with one attached hydrogen (secondary N) is 2. The fourth-order valence-electron chi connectivity index (χ4n) is 2.38. The van der Waals surface area contributed by atoms with E-state index in [1.807, 2.05) is 0 Å². The van der Waals surface area contributed by atoms with Crippen LogP contribution in [0.3, 0.4) is 0 Å². The predicted octanol–water partition coefficient (Wildman–Crippen LogP) is 1.64. The van der Waals surface area contributed by atoms with Crippen molar-refractivity contribution in [2.75, 3.05) is 37.0 Å². The van der Waals surface area contributed by atoms with Crippen molar-refractivity contribution >= 4 is 29.2 Å². The molecule has 9 nitrogen and oxygen atoms in total. The van der Waals surface area contributed by atoms with Crippen LogP contribution in [0.15, 0.2) is 34.9 Å². The van der Waals surface area contributed by atoms with Gasteiger partial charge in [0.15, 0.2) is 5.82 Å². The summed E-state index contributed by atoms with van der Waals surface area (Å²) < 4.78 is 22.8. The smallest absolute Gasteiger partial charge is 0.240 e. The summed E-state index contributed by atoms with van der Waals surface area (Å²) in [6.45, 7) is 2.03. The summed E-state index contributed by atoms with van der Waals surface area (Å²) in [6.07, 6.45) is -0.265. The third-order valence-corrected chi connectivity index (χ3v) is 3.82. The van der Waals surface area contributed by atoms with Crippen LogP contribution in [-0.4, -0.2) is 49.7 Å². The number of benzene rings is 1. The van der Waals surface area contributed by atoms with Crippen LogP contribution < -0.4 is 15.5 Å². The summed E-state index contributed by atoms with van der Waals surface area (Å²) in [7, 11) is 1.51. The number of nitrogens with zero attached hydrogens (tertiary/aromatic N) is 2. The average molecular weight is 406 g/mol. The van der Waals surface area contributed by atoms with Gasteiger partial charge >= 0.3 is 0 Å². The molecule has 2 N–H and O–H groups in total. The van der Waals surface area contributed by atoms with Gasteiger partial charge in [0.2, 0.25) is 17.7 Å². The Morgan fingerprint density at radius 2 is 1.90 bits per heavy atom. The minimum absolute atomic E-state index is 0.116. The first-order valence-corrected chi connectivity index (χ1v) is 8.93. The normalized spacial score (nSPS) is 10.4. The molecule has 0 aliphatic carbocycles. The fraction of sp³-hybridized carbons (Fsp3) is 0.368. The molecule has 0 atom stereocenters. The number of carbonyl (C=O) groups is 3. The van der Waals surface area contributed by atoms with E-state index in [0.29, 0.717) is 24.6 Å². The van der Waals surface area contributed by atoms with Crippen molar-refractivity contribution in [3.63, 3.8) is 0 Å². The van der Waals surface area contributed by atoms with Gasteiger partial charge in [-0.25, -0.2) is 4.39 Å². The molecule has 2 rings (SSSR count). The number of halogens is 1. The number of carbonyl (C=O) groups excluding carboxylic acids is 3. The highest BCUT2D eigenvalue weighted by Crippen LogP contribution is 2.16. The Kier molecular flexibility index (Phi) is 8.28. The van der Waals surface area contributed by atoms with Crippen LogP contribution in [-0.2, 0) is 19.1 Å². The second kappa shape index (κ2) is 10.9. The van der Waals surface area contributed by atoms with Crippen molar-refractivity contribution in [2.24, 2.45) is 0 Å². The maximum absolute atomic E-state index is 12.9. The zero-order valence-electron chi connectivity index (χ0n) is 16.2. The zero-order valence-corrected chi connectivity index (χ0v) is 16.2. The summed E-state index contributed by atoms with van der Waals surface area (Å²) in [5.41, 5.74) is 0.422. The van der Waals surface area contributed by atoms with Gasteiger partial charge in [-0.15, -0.1) is 0 Å². The van der Waals surface area contributed by atoms with Gasteiger partial charge in [-0.05, 0) is 31.2 Å². The molecule has 0 saturated carbocycles. The summed E-state index contributed by atoms with van der Waals surface area (Å²) >= 11 is 0. The number of amides is 3. The van der Waals surface area contributed by atoms with Crippen molar-refractivity contribution in [1.29, 1.82) is 0 Å². The first-order valence-electron chi connectivity index (χ1n) is 8.93. The quantitative estimate of drug-likeness (QED) is 0.580. The fourth-order valence-corrected chi connectivity index (χ4v) is 2.38. The number of aromatic nitrogens is 1. The molecule has 0 bridgehead atoms. The van der Waals surface area contributed by atoms with Crippen LogP contribution in [0.2, 0.25) is 0 Å². The molecule has 1 aromatic carbocycles. The molecular weight excluding hydrogens is 383 g/mol. The second-order valence-corrected chi connectivity index (χ2v) is 6.17. The Balaban J connectivity index is 1.94. The number of hydrogen-bond donors (Lipinski definition) is 2. The third kappa shape index (κ3) is 7.34. The van der Waals surface area contributed by atoms with Gasteiger partial charge < -0.3 is 19.9 Å². The van der Waals surface area contributed by atoms with Gasteiger partial charge in [-0.1, -0.05) is 5.16 Å². The minimum atomic E-state index is -0.463. The van der Waals surface area contributed by atoms with E-state index in [2.05, 4.69) is 15.8 Å². The first kappa shape index (κ1) is 22.0. The van der Waals surface area contributed by atoms with Crippen molar-refractivity contribution < 1.29 is 28.0 Å². The largest absolute Gasteiger partial charge is 0.383 e. The second-order valence-electron chi connectivity index (χ2n) is 6.17. The monoisotopic (exact) mass is 406 g/mol. The lowest BCUT2D eigenvalue weighted by Gasteiger charge is -2.19. The van der Waals surface area contributed by atoms with Crippen LogP contribution in [0.1, 0.15) is 18.6 Å². The molecule has 0 spiro atoms. The van der Waals surface area contributed by atoms with E-state index < -0.39 is 23.5 Å². The average Bonchev–Trinajstić information content (AvgIpc) is 3.12. The Hall–Kier alpha value is -3.27. The van der Waals surface area contributed by atoms with Crippen LogP contribution in [0.4, 0.5) is 15.9 Å². The maximum Gasteiger partial charge on any atom is 0.240 e. The number of hydrogen-bond acceptors (Lipinski definition) is 6. The molecule has 0 saturated heterocycles. The molecule has 156 valence electrons. The van der Waals surface area contributed by atoms with Gasteiger partial charge in [0.25, 0.3) is 0 Å². The number of methoxy groups -OCH3 is 1. The molecule has 1 aromatic heterocycles. The van der Waals surface area contributed by atoms with E-state index in [0.717, 1.165) is 4.90 Å². The Labute approximate surface area is 167 Å². The van der Waals surface area contributed by atoms with Crippen molar-refractivity contribution in [3.05, 3.63) is 41.9 Å². The van der Waals surface area contributed by atoms with Crippen LogP contribution in [0.25, 0.3) is 0 Å². The molecule has 29 heavy (non-hydrogen) atoms. The number of ether oxygens (including phenoxy) is 1. The van der Waals surface area contributed by atoms with Gasteiger partial charge in [-0.3, -0.25) is 19.3 Å². The Morgan fingerprint density at radius 1 is 1.17 bits per heavy atom. The lowest BCUT2D eigenvalue weighted by atomic mass is 10.2. The van der Waals surface area contributed by atoms with E-state index in [1.165, 1.54) is 37.4 Å². The summed E-state index contributed by atoms with van der Waals surface area (Å²) in [5, 5.41) is 8.98. The van der Waals surface area contributed by atoms with E-state index >= 15 is 0 Å². The molecular formula is C19H23FN4O5. The third-order valence-electron chi connectivity index (χ3n) is 3.82. The number of rotatable bonds is 10. The summed E-state index contributed by atoms with van der Waals surface area (Å²) in [4.78, 5) is 37.9. The number of anilines is 2. The lowest BCUT2D eigenvalue weighted by molar-refractivity contribution is -0.125. The maximum atomic E-state index is 12.9. The van der Waals surface area contributed by atoms with Gasteiger partial charge in [0, 0.05) is 38.2 Å². The van der Waals surface area contributed by atoms with Crippen molar-refractivity contribution in [1.82, 2.24) is 10.5 Å². The Morgan fingerprint density at radius 3 is 2.52 bits per heavy atom. The molecule has 0 aliphatic heterocycles. The summed E-state index contributed by atoms with van der Waals surface area (Å²) in [5.74, 6) is -1.02. The first-order chi connectivity index (χ1) is 13.9. The van der Waals surface area contributed by atoms with E-state index in [4.69, 9.17) is 9.26 Å². The minimum Gasteiger partial charge on any atom is -0.383 e. The molecule has 1 heterocycles. The molecule has 10 heteroatoms. The summed E-state index contributed by atoms with van der Waals surface area (Å²) in [6, 6.07) is 6.81. The van der Waals surface area contributed by atoms with Gasteiger partial charge in [0.1, 0.15) is 18.1 Å². The number of aryl methyl sites for hydroxylation is 1. The Bertz CT molecular complexity index is 837. The SMILES string of the molecule is COCCNC(=O)CN(C(=O)CCC(=O)Nc1ccc(F)cc1)c1cc(C)on1. The van der Waals surface area contributed by atoms with Crippen molar-refractivity contribution in [2.45, 2.75) is 19.8 Å². The van der Waals surface area contributed by atoms with E-state index in [-0.39, 0.29) is 25.2 Å². The zero-order chi connectivity index (χ0) is 21.2. The highest BCUT2D eigenvalue weighted by molar-refractivity contribution is 6.00. The molecule has 0 radical (unpaired) electrons. The molecule has 0 aliphatic rings. The van der Waals surface area contributed by atoms with E-state index in [1.54, 1.807) is 6.92 Å². The van der Waals surface area contributed by atoms with Gasteiger partial charge in [0.05, 0.1) is 6.61 Å². The van der Waals surface area contributed by atoms with E-state index in [9.17, 15) is 18.8 Å². The highest BCUT2D eigenvalue weighted by atomic mass is 19.1. The molecule has 0 unspecified atom stereocenters. The van der Waals surface area contributed by atoms with Crippen LogP contribution >= 0.6 is 0 Å². The topological polar surface area (TPSA) is 114 Å². The molecule has 3 amide bonds. The molecule has 0 fully saturated rings. The highest BCUT2D eigenvalue weighted by Gasteiger charge is 2.22. The molecule has 2 aromatic rings.